The van der Waals surface area contributed by atoms with Gasteiger partial charge in [-0.15, -0.1) is 0 Å². The van der Waals surface area contributed by atoms with E-state index >= 15 is 0 Å². The second-order valence-electron chi connectivity index (χ2n) is 5.04. The molecular weight excluding hydrogens is 267 g/mol. The highest BCUT2D eigenvalue weighted by Gasteiger charge is 2.03. The predicted octanol–water partition coefficient (Wildman–Crippen LogP) is 3.99. The van der Waals surface area contributed by atoms with Crippen molar-refractivity contribution in [3.05, 3.63) is 59.9 Å². The van der Waals surface area contributed by atoms with Gasteiger partial charge in [0.05, 0.1) is 0 Å². The minimum Gasteiger partial charge on any atom is -0.457 e. The molecule has 21 heavy (non-hydrogen) atoms. The van der Waals surface area contributed by atoms with E-state index in [9.17, 15) is 9.50 Å². The van der Waals surface area contributed by atoms with Gasteiger partial charge in [0.25, 0.3) is 0 Å². The van der Waals surface area contributed by atoms with E-state index in [4.69, 9.17) is 4.74 Å². The summed E-state index contributed by atoms with van der Waals surface area (Å²) >= 11 is 0. The van der Waals surface area contributed by atoms with Crippen molar-refractivity contribution in [2.45, 2.75) is 20.0 Å². The lowest BCUT2D eigenvalue weighted by atomic mass is 10.1. The second-order valence-corrected chi connectivity index (χ2v) is 5.04. The SMILES string of the molecule is CC(C)C(O)C#Cc1ccc(Oc2ccc(F)cc2)cc1. The molecule has 2 aromatic carbocycles. The zero-order valence-corrected chi connectivity index (χ0v) is 12.0. The van der Waals surface area contributed by atoms with Crippen molar-refractivity contribution in [2.75, 3.05) is 0 Å². The highest BCUT2D eigenvalue weighted by Crippen LogP contribution is 2.21. The van der Waals surface area contributed by atoms with Crippen molar-refractivity contribution in [1.29, 1.82) is 0 Å². The van der Waals surface area contributed by atoms with Gasteiger partial charge in [-0.3, -0.25) is 0 Å². The normalized spacial score (nSPS) is 11.7. The molecule has 0 saturated heterocycles. The topological polar surface area (TPSA) is 29.5 Å². The Bertz CT molecular complexity index is 634. The van der Waals surface area contributed by atoms with E-state index in [0.29, 0.717) is 11.5 Å². The fraction of sp³-hybridized carbons (Fsp3) is 0.222. The van der Waals surface area contributed by atoms with E-state index in [0.717, 1.165) is 5.56 Å². The van der Waals surface area contributed by atoms with Crippen LogP contribution in [0.1, 0.15) is 19.4 Å². The van der Waals surface area contributed by atoms with Crippen LogP contribution in [0.3, 0.4) is 0 Å². The largest absolute Gasteiger partial charge is 0.457 e. The van der Waals surface area contributed by atoms with Crippen molar-refractivity contribution in [3.8, 4) is 23.3 Å². The third-order valence-electron chi connectivity index (χ3n) is 2.90. The minimum atomic E-state index is -0.625. The molecule has 0 aliphatic heterocycles. The molecule has 1 unspecified atom stereocenters. The Morgan fingerprint density at radius 1 is 0.952 bits per heavy atom. The van der Waals surface area contributed by atoms with Crippen LogP contribution in [0.5, 0.6) is 11.5 Å². The summed E-state index contributed by atoms with van der Waals surface area (Å²) in [4.78, 5) is 0. The first kappa shape index (κ1) is 15.1. The molecule has 1 atom stereocenters. The maximum absolute atomic E-state index is 12.8. The van der Waals surface area contributed by atoms with Crippen molar-refractivity contribution < 1.29 is 14.2 Å². The number of hydrogen-bond donors (Lipinski definition) is 1. The van der Waals surface area contributed by atoms with Crippen molar-refractivity contribution >= 4 is 0 Å². The maximum atomic E-state index is 12.8. The standard InChI is InChI=1S/C18H17FO2/c1-13(2)18(20)12-5-14-3-8-16(9-4-14)21-17-10-6-15(19)7-11-17/h3-4,6-11,13,18,20H,1-2H3. The Balaban J connectivity index is 2.03. The van der Waals surface area contributed by atoms with Crippen LogP contribution in [-0.4, -0.2) is 11.2 Å². The second kappa shape index (κ2) is 6.92. The van der Waals surface area contributed by atoms with Crippen LogP contribution in [0.15, 0.2) is 48.5 Å². The summed E-state index contributed by atoms with van der Waals surface area (Å²) < 4.78 is 18.4. The molecule has 0 radical (unpaired) electrons. The van der Waals surface area contributed by atoms with Crippen molar-refractivity contribution in [1.82, 2.24) is 0 Å². The minimum absolute atomic E-state index is 0.110. The molecule has 2 aromatic rings. The molecule has 0 amide bonds. The third-order valence-corrected chi connectivity index (χ3v) is 2.90. The molecule has 108 valence electrons. The van der Waals surface area contributed by atoms with Crippen LogP contribution in [0.25, 0.3) is 0 Å². The van der Waals surface area contributed by atoms with Crippen LogP contribution in [0.2, 0.25) is 0 Å². The van der Waals surface area contributed by atoms with E-state index in [1.807, 2.05) is 26.0 Å². The van der Waals surface area contributed by atoms with E-state index in [2.05, 4.69) is 11.8 Å². The molecule has 1 N–H and O–H groups in total. The molecule has 0 saturated carbocycles. The monoisotopic (exact) mass is 284 g/mol. The number of aliphatic hydroxyl groups is 1. The van der Waals surface area contributed by atoms with E-state index in [1.54, 1.807) is 24.3 Å². The lowest BCUT2D eigenvalue weighted by molar-refractivity contribution is 0.181. The zero-order valence-electron chi connectivity index (χ0n) is 12.0. The fourth-order valence-corrected chi connectivity index (χ4v) is 1.57. The molecule has 0 spiro atoms. The maximum Gasteiger partial charge on any atom is 0.127 e. The Labute approximate surface area is 124 Å². The fourth-order valence-electron chi connectivity index (χ4n) is 1.57. The number of halogens is 1. The van der Waals surface area contributed by atoms with Crippen LogP contribution in [0, 0.1) is 23.6 Å². The first-order valence-electron chi connectivity index (χ1n) is 6.77. The van der Waals surface area contributed by atoms with Gasteiger partial charge in [-0.25, -0.2) is 4.39 Å². The molecule has 2 nitrogen and oxygen atoms in total. The van der Waals surface area contributed by atoms with Gasteiger partial charge in [0.1, 0.15) is 23.4 Å². The quantitative estimate of drug-likeness (QED) is 0.864. The van der Waals surface area contributed by atoms with Crippen LogP contribution in [0.4, 0.5) is 4.39 Å². The van der Waals surface area contributed by atoms with Gasteiger partial charge < -0.3 is 9.84 Å². The average molecular weight is 284 g/mol. The van der Waals surface area contributed by atoms with Crippen LogP contribution >= 0.6 is 0 Å². The lowest BCUT2D eigenvalue weighted by Crippen LogP contribution is -2.11. The summed E-state index contributed by atoms with van der Waals surface area (Å²) in [5.41, 5.74) is 0.807. The summed E-state index contributed by atoms with van der Waals surface area (Å²) in [5, 5.41) is 9.63. The number of hydrogen-bond acceptors (Lipinski definition) is 2. The molecule has 2 rings (SSSR count). The summed E-state index contributed by atoms with van der Waals surface area (Å²) in [7, 11) is 0. The highest BCUT2D eigenvalue weighted by atomic mass is 19.1. The van der Waals surface area contributed by atoms with Gasteiger partial charge in [0.2, 0.25) is 0 Å². The summed E-state index contributed by atoms with van der Waals surface area (Å²) in [6.45, 7) is 3.83. The smallest absolute Gasteiger partial charge is 0.127 e. The summed E-state index contributed by atoms with van der Waals surface area (Å²) in [5.74, 6) is 6.76. The van der Waals surface area contributed by atoms with E-state index in [-0.39, 0.29) is 11.7 Å². The van der Waals surface area contributed by atoms with Gasteiger partial charge in [0.15, 0.2) is 0 Å². The Morgan fingerprint density at radius 3 is 2.00 bits per heavy atom. The molecule has 0 aromatic heterocycles. The van der Waals surface area contributed by atoms with E-state index < -0.39 is 6.10 Å². The van der Waals surface area contributed by atoms with Crippen LogP contribution < -0.4 is 4.74 Å². The Kier molecular flexibility index (Phi) is 4.97. The predicted molar refractivity (Wildman–Crippen MR) is 80.6 cm³/mol. The van der Waals surface area contributed by atoms with E-state index in [1.165, 1.54) is 12.1 Å². The third kappa shape index (κ3) is 4.62. The first-order chi connectivity index (χ1) is 10.0. The molecule has 0 fully saturated rings. The zero-order chi connectivity index (χ0) is 15.2. The summed E-state index contributed by atoms with van der Waals surface area (Å²) in [6.07, 6.45) is -0.625. The van der Waals surface area contributed by atoms with Gasteiger partial charge in [0, 0.05) is 5.56 Å². The Hall–Kier alpha value is -2.31. The molecule has 0 aliphatic carbocycles. The van der Waals surface area contributed by atoms with Gasteiger partial charge >= 0.3 is 0 Å². The first-order valence-corrected chi connectivity index (χ1v) is 6.77. The Morgan fingerprint density at radius 2 is 1.48 bits per heavy atom. The van der Waals surface area contributed by atoms with Gasteiger partial charge in [-0.1, -0.05) is 25.7 Å². The number of ether oxygens (including phenoxy) is 1. The summed E-state index contributed by atoms with van der Waals surface area (Å²) in [6, 6.07) is 13.1. The van der Waals surface area contributed by atoms with Crippen molar-refractivity contribution in [2.24, 2.45) is 5.92 Å². The molecular formula is C18H17FO2. The number of rotatable bonds is 3. The van der Waals surface area contributed by atoms with Crippen LogP contribution in [-0.2, 0) is 0 Å². The lowest BCUT2D eigenvalue weighted by Gasteiger charge is -2.06. The molecule has 0 aliphatic rings. The number of aliphatic hydroxyl groups excluding tert-OH is 1. The number of benzene rings is 2. The van der Waals surface area contributed by atoms with Crippen molar-refractivity contribution in [3.63, 3.8) is 0 Å². The van der Waals surface area contributed by atoms with Gasteiger partial charge in [-0.05, 0) is 54.4 Å². The average Bonchev–Trinajstić information content (AvgIpc) is 2.48. The molecule has 0 bridgehead atoms. The molecule has 3 heteroatoms. The van der Waals surface area contributed by atoms with Gasteiger partial charge in [-0.2, -0.15) is 0 Å². The molecule has 0 heterocycles. The highest BCUT2D eigenvalue weighted by molar-refractivity contribution is 5.40.